The van der Waals surface area contributed by atoms with E-state index < -0.39 is 0 Å². The van der Waals surface area contributed by atoms with Crippen molar-refractivity contribution in [3.05, 3.63) is 52.5 Å². The number of carbonyl (C=O) groups excluding carboxylic acids is 1. The molecule has 1 aliphatic rings. The Bertz CT molecular complexity index is 938. The number of aryl methyl sites for hydroxylation is 1. The normalized spacial score (nSPS) is 15.4. The average Bonchev–Trinajstić information content (AvgIpc) is 3.28. The lowest BCUT2D eigenvalue weighted by atomic mass is 9.93. The minimum Gasteiger partial charge on any atom is -0.338 e. The topological polar surface area (TPSA) is 50.2 Å². The molecule has 1 aliphatic heterocycles. The molecule has 0 atom stereocenters. The minimum atomic E-state index is 0.180. The van der Waals surface area contributed by atoms with E-state index in [9.17, 15) is 4.79 Å². The number of benzene rings is 1. The quantitative estimate of drug-likeness (QED) is 0.687. The zero-order chi connectivity index (χ0) is 19.5. The van der Waals surface area contributed by atoms with Crippen molar-refractivity contribution in [1.29, 1.82) is 0 Å². The maximum atomic E-state index is 13.1. The highest BCUT2D eigenvalue weighted by atomic mass is 32.1. The molecule has 0 unspecified atom stereocenters. The van der Waals surface area contributed by atoms with Gasteiger partial charge in [0.15, 0.2) is 0 Å². The van der Waals surface area contributed by atoms with E-state index in [1.165, 1.54) is 12.0 Å². The van der Waals surface area contributed by atoms with E-state index in [-0.39, 0.29) is 5.91 Å². The number of aromatic nitrogens is 2. The molecule has 28 heavy (non-hydrogen) atoms. The van der Waals surface area contributed by atoms with Crippen LogP contribution < -0.4 is 5.32 Å². The van der Waals surface area contributed by atoms with Gasteiger partial charge in [-0.3, -0.25) is 9.48 Å². The van der Waals surface area contributed by atoms with Crippen molar-refractivity contribution >= 4 is 27.5 Å². The molecule has 4 rings (SSSR count). The molecule has 0 saturated carbocycles. The van der Waals surface area contributed by atoms with Crippen LogP contribution in [0, 0.1) is 12.8 Å². The Morgan fingerprint density at radius 3 is 2.71 bits per heavy atom. The lowest BCUT2D eigenvalue weighted by molar-refractivity contribution is 0.0692. The van der Waals surface area contributed by atoms with E-state index >= 15 is 0 Å². The molecule has 1 amide bonds. The highest BCUT2D eigenvalue weighted by Gasteiger charge is 2.25. The summed E-state index contributed by atoms with van der Waals surface area (Å²) < 4.78 is 2.03. The molecule has 0 bridgehead atoms. The highest BCUT2D eigenvalue weighted by molar-refractivity contribution is 7.20. The van der Waals surface area contributed by atoms with Gasteiger partial charge in [-0.05, 0) is 57.3 Å². The van der Waals surface area contributed by atoms with Gasteiger partial charge in [0.05, 0.1) is 17.1 Å². The van der Waals surface area contributed by atoms with Crippen LogP contribution in [0.4, 0.5) is 0 Å². The van der Waals surface area contributed by atoms with Crippen molar-refractivity contribution < 1.29 is 4.79 Å². The van der Waals surface area contributed by atoms with Crippen molar-refractivity contribution in [2.45, 2.75) is 32.7 Å². The van der Waals surface area contributed by atoms with Crippen LogP contribution in [-0.2, 0) is 6.54 Å². The molecule has 2 aromatic heterocycles. The summed E-state index contributed by atoms with van der Waals surface area (Å²) in [5.41, 5.74) is 2.21. The number of rotatable bonds is 6. The van der Waals surface area contributed by atoms with Gasteiger partial charge < -0.3 is 10.2 Å². The molecule has 0 radical (unpaired) electrons. The van der Waals surface area contributed by atoms with Gasteiger partial charge >= 0.3 is 0 Å². The maximum absolute atomic E-state index is 13.1. The van der Waals surface area contributed by atoms with E-state index in [0.717, 1.165) is 65.7 Å². The zero-order valence-electron chi connectivity index (χ0n) is 16.6. The van der Waals surface area contributed by atoms with Gasteiger partial charge in [-0.2, -0.15) is 5.10 Å². The molecular weight excluding hydrogens is 368 g/mol. The van der Waals surface area contributed by atoms with Crippen LogP contribution >= 0.6 is 11.3 Å². The lowest BCUT2D eigenvalue weighted by Crippen LogP contribution is -2.38. The van der Waals surface area contributed by atoms with E-state index in [1.807, 2.05) is 47.8 Å². The Hall–Kier alpha value is -2.18. The number of fused-ring (bicyclic) bond motifs is 1. The molecule has 1 fully saturated rings. The van der Waals surface area contributed by atoms with Gasteiger partial charge in [0.2, 0.25) is 0 Å². The Morgan fingerprint density at radius 2 is 2.00 bits per heavy atom. The van der Waals surface area contributed by atoms with E-state index in [1.54, 1.807) is 11.3 Å². The largest absolute Gasteiger partial charge is 0.338 e. The second-order valence-corrected chi connectivity index (χ2v) is 8.72. The summed E-state index contributed by atoms with van der Waals surface area (Å²) in [4.78, 5) is 17.0. The molecule has 148 valence electrons. The number of hydrogen-bond acceptors (Lipinski definition) is 4. The number of thiophene rings is 1. The predicted molar refractivity (Wildman–Crippen MR) is 115 cm³/mol. The summed E-state index contributed by atoms with van der Waals surface area (Å²) in [7, 11) is 2.00. The first-order valence-electron chi connectivity index (χ1n) is 10.1. The van der Waals surface area contributed by atoms with Crippen molar-refractivity contribution in [2.75, 3.05) is 26.7 Å². The first kappa shape index (κ1) is 19.2. The third-order valence-corrected chi connectivity index (χ3v) is 6.83. The maximum Gasteiger partial charge on any atom is 0.264 e. The molecule has 3 aromatic rings. The summed E-state index contributed by atoms with van der Waals surface area (Å²) in [6.45, 7) is 5.56. The molecule has 6 heteroatoms. The van der Waals surface area contributed by atoms with E-state index in [0.29, 0.717) is 0 Å². The van der Waals surface area contributed by atoms with Crippen LogP contribution in [-0.4, -0.2) is 47.3 Å². The lowest BCUT2D eigenvalue weighted by Gasteiger charge is -2.31. The fourth-order valence-electron chi connectivity index (χ4n) is 4.01. The summed E-state index contributed by atoms with van der Waals surface area (Å²) in [5, 5.41) is 9.03. The van der Waals surface area contributed by atoms with Crippen LogP contribution in [0.5, 0.6) is 0 Å². The van der Waals surface area contributed by atoms with Gasteiger partial charge in [0, 0.05) is 18.5 Å². The molecule has 5 nitrogen and oxygen atoms in total. The Labute approximate surface area is 170 Å². The standard InChI is InChI=1S/C22H28N4OS/c1-16-19-14-20(21(27)25-12-9-17(10-13-25)8-11-23-2)28-22(19)26(24-16)15-18-6-4-3-5-7-18/h3-7,14,17,23H,8-13,15H2,1-2H3. The monoisotopic (exact) mass is 396 g/mol. The van der Waals surface area contributed by atoms with Gasteiger partial charge in [0.25, 0.3) is 5.91 Å². The Morgan fingerprint density at radius 1 is 1.25 bits per heavy atom. The van der Waals surface area contributed by atoms with Crippen LogP contribution in [0.1, 0.15) is 40.2 Å². The van der Waals surface area contributed by atoms with Crippen molar-refractivity contribution in [3.63, 3.8) is 0 Å². The summed E-state index contributed by atoms with van der Waals surface area (Å²) in [6, 6.07) is 12.4. The average molecular weight is 397 g/mol. The fourth-order valence-corrected chi connectivity index (χ4v) is 5.14. The third kappa shape index (κ3) is 3.98. The molecule has 3 heterocycles. The number of likely N-dealkylation sites (tertiary alicyclic amines) is 1. The summed E-state index contributed by atoms with van der Waals surface area (Å²) in [6.07, 6.45) is 3.42. The number of carbonyl (C=O) groups is 1. The first-order chi connectivity index (χ1) is 13.7. The van der Waals surface area contributed by atoms with E-state index in [4.69, 9.17) is 5.10 Å². The highest BCUT2D eigenvalue weighted by Crippen LogP contribution is 2.31. The molecule has 0 aliphatic carbocycles. The number of piperidine rings is 1. The van der Waals surface area contributed by atoms with Crippen molar-refractivity contribution in [2.24, 2.45) is 5.92 Å². The number of nitrogens with zero attached hydrogens (tertiary/aromatic N) is 3. The number of nitrogens with one attached hydrogen (secondary N) is 1. The molecule has 0 spiro atoms. The second-order valence-electron chi connectivity index (χ2n) is 7.69. The molecule has 1 saturated heterocycles. The zero-order valence-corrected chi connectivity index (χ0v) is 17.5. The first-order valence-corrected chi connectivity index (χ1v) is 10.9. The SMILES string of the molecule is CNCCC1CCN(C(=O)c2cc3c(C)nn(Cc4ccccc4)c3s2)CC1. The minimum absolute atomic E-state index is 0.180. The Kier molecular flexibility index (Phi) is 5.78. The van der Waals surface area contributed by atoms with Crippen molar-refractivity contribution in [3.8, 4) is 0 Å². The van der Waals surface area contributed by atoms with Gasteiger partial charge in [-0.1, -0.05) is 30.3 Å². The van der Waals surface area contributed by atoms with Gasteiger partial charge in [-0.15, -0.1) is 11.3 Å². The van der Waals surface area contributed by atoms with Crippen LogP contribution in [0.15, 0.2) is 36.4 Å². The second kappa shape index (κ2) is 8.45. The molecule has 1 aromatic carbocycles. The third-order valence-electron chi connectivity index (χ3n) is 5.70. The number of hydrogen-bond donors (Lipinski definition) is 1. The Balaban J connectivity index is 1.49. The van der Waals surface area contributed by atoms with Gasteiger partial charge in [0.1, 0.15) is 4.83 Å². The van der Waals surface area contributed by atoms with Crippen LogP contribution in [0.25, 0.3) is 10.2 Å². The van der Waals surface area contributed by atoms with E-state index in [2.05, 4.69) is 17.4 Å². The summed E-state index contributed by atoms with van der Waals surface area (Å²) in [5.74, 6) is 0.916. The molecule has 1 N–H and O–H groups in total. The fraction of sp³-hybridized carbons (Fsp3) is 0.455. The van der Waals surface area contributed by atoms with Gasteiger partial charge in [-0.25, -0.2) is 0 Å². The number of amides is 1. The molecular formula is C22H28N4OS. The van der Waals surface area contributed by atoms with Crippen LogP contribution in [0.2, 0.25) is 0 Å². The predicted octanol–water partition coefficient (Wildman–Crippen LogP) is 3.92. The van der Waals surface area contributed by atoms with Crippen molar-refractivity contribution in [1.82, 2.24) is 20.0 Å². The smallest absolute Gasteiger partial charge is 0.264 e. The van der Waals surface area contributed by atoms with Crippen LogP contribution in [0.3, 0.4) is 0 Å². The summed E-state index contributed by atoms with van der Waals surface area (Å²) >= 11 is 1.58.